The monoisotopic (exact) mass is 480 g/mol. The molecule has 6 aliphatic rings. The number of rotatable bonds is 2. The molecular weight excluding hydrogens is 444 g/mol. The zero-order valence-electron chi connectivity index (χ0n) is 21.4. The molecule has 2 aliphatic heterocycles. The van der Waals surface area contributed by atoms with E-state index in [0.29, 0.717) is 29.4 Å². The van der Waals surface area contributed by atoms with E-state index in [1.807, 2.05) is 26.8 Å². The van der Waals surface area contributed by atoms with E-state index in [2.05, 4.69) is 6.92 Å². The number of carbonyl (C=O) groups is 3. The molecule has 188 valence electrons. The number of ether oxygens (including phenoxy) is 3. The standard InChI is InChI=1S/C29H36O6/c1-15-14-24(34-25(32)16(15)2)28(4)22-10-8-19-17-6-7-20-21(30)9-11-23(31)27(20,3)18(17)12-13-29(19,22)26(33-5)35-28/h7,9,11,17-19,22,24,26H,6,8,10,12-14H2,1-5H3/t17-,18+,19+,22-,24-,26-,27-,28-,29-/m1/s1. The van der Waals surface area contributed by atoms with Gasteiger partial charge in [0.1, 0.15) is 11.7 Å². The highest BCUT2D eigenvalue weighted by molar-refractivity contribution is 6.18. The summed E-state index contributed by atoms with van der Waals surface area (Å²) in [6.45, 7) is 7.95. The second kappa shape index (κ2) is 7.48. The van der Waals surface area contributed by atoms with Crippen molar-refractivity contribution in [2.75, 3.05) is 7.11 Å². The summed E-state index contributed by atoms with van der Waals surface area (Å²) in [5, 5.41) is 0. The predicted molar refractivity (Wildman–Crippen MR) is 128 cm³/mol. The van der Waals surface area contributed by atoms with Crippen molar-refractivity contribution in [2.45, 2.75) is 84.2 Å². The summed E-state index contributed by atoms with van der Waals surface area (Å²) in [5.74, 6) is 0.777. The van der Waals surface area contributed by atoms with Crippen LogP contribution in [0.1, 0.15) is 66.2 Å². The summed E-state index contributed by atoms with van der Waals surface area (Å²) in [6, 6.07) is 0. The summed E-state index contributed by atoms with van der Waals surface area (Å²) in [6.07, 6.45) is 9.54. The molecule has 3 fully saturated rings. The average Bonchev–Trinajstić information content (AvgIpc) is 3.34. The maximum Gasteiger partial charge on any atom is 0.334 e. The molecule has 6 nitrogen and oxygen atoms in total. The molecule has 0 aromatic rings. The lowest BCUT2D eigenvalue weighted by molar-refractivity contribution is -0.226. The molecule has 0 radical (unpaired) electrons. The first kappa shape index (κ1) is 23.4. The van der Waals surface area contributed by atoms with Gasteiger partial charge in [0, 0.05) is 36.0 Å². The second-order valence-electron chi connectivity index (χ2n) is 12.1. The first-order valence-electron chi connectivity index (χ1n) is 13.1. The highest BCUT2D eigenvalue weighted by atomic mass is 16.7. The van der Waals surface area contributed by atoms with E-state index in [4.69, 9.17) is 14.2 Å². The molecule has 0 bridgehead atoms. The van der Waals surface area contributed by atoms with E-state index in [-0.39, 0.29) is 47.2 Å². The van der Waals surface area contributed by atoms with Crippen molar-refractivity contribution in [3.05, 3.63) is 34.9 Å². The first-order valence-corrected chi connectivity index (χ1v) is 13.1. The third-order valence-electron chi connectivity index (χ3n) is 11.1. The Morgan fingerprint density at radius 1 is 1.03 bits per heavy atom. The zero-order valence-corrected chi connectivity index (χ0v) is 21.4. The Hall–Kier alpha value is -2.05. The van der Waals surface area contributed by atoms with Crippen molar-refractivity contribution in [1.29, 1.82) is 0 Å². The lowest BCUT2D eigenvalue weighted by atomic mass is 9.47. The number of carbonyl (C=O) groups excluding carboxylic acids is 3. The molecule has 6 heteroatoms. The van der Waals surface area contributed by atoms with Gasteiger partial charge in [-0.15, -0.1) is 0 Å². The van der Waals surface area contributed by atoms with Gasteiger partial charge in [0.25, 0.3) is 0 Å². The molecule has 4 aliphatic carbocycles. The lowest BCUT2D eigenvalue weighted by Crippen LogP contribution is -2.56. The van der Waals surface area contributed by atoms with E-state index in [9.17, 15) is 14.4 Å². The van der Waals surface area contributed by atoms with Crippen LogP contribution in [0.25, 0.3) is 0 Å². The Labute approximate surface area is 207 Å². The van der Waals surface area contributed by atoms with Crippen molar-refractivity contribution in [3.63, 3.8) is 0 Å². The van der Waals surface area contributed by atoms with Gasteiger partial charge in [0.2, 0.25) is 0 Å². The SMILES string of the molecule is CO[C@@H]1O[C@@](C)([C@H]2CC(C)=C(C)C(=O)O2)[C@H]2CC[C@H]3[C@@H]4CC=C5C(=O)C=CC(=O)[C@]5(C)[C@H]4CC[C@]123. The van der Waals surface area contributed by atoms with Crippen LogP contribution in [-0.2, 0) is 28.6 Å². The summed E-state index contributed by atoms with van der Waals surface area (Å²) < 4.78 is 18.8. The number of cyclic esters (lactones) is 1. The molecule has 0 aromatic heterocycles. The zero-order chi connectivity index (χ0) is 24.9. The van der Waals surface area contributed by atoms with Crippen LogP contribution in [0, 0.1) is 34.5 Å². The van der Waals surface area contributed by atoms with Crippen LogP contribution in [0.4, 0.5) is 0 Å². The van der Waals surface area contributed by atoms with Crippen molar-refractivity contribution in [2.24, 2.45) is 34.5 Å². The van der Waals surface area contributed by atoms with Crippen LogP contribution in [-0.4, -0.2) is 42.6 Å². The van der Waals surface area contributed by atoms with Crippen molar-refractivity contribution >= 4 is 17.5 Å². The first-order chi connectivity index (χ1) is 16.6. The molecule has 35 heavy (non-hydrogen) atoms. The summed E-state index contributed by atoms with van der Waals surface area (Å²) in [5.41, 5.74) is 0.914. The molecule has 0 amide bonds. The fourth-order valence-electron chi connectivity index (χ4n) is 9.26. The molecule has 2 heterocycles. The molecule has 0 unspecified atom stereocenters. The van der Waals surface area contributed by atoms with Gasteiger partial charge < -0.3 is 14.2 Å². The molecular formula is C29H36O6. The Bertz CT molecular complexity index is 1110. The van der Waals surface area contributed by atoms with Crippen LogP contribution in [0.2, 0.25) is 0 Å². The van der Waals surface area contributed by atoms with E-state index >= 15 is 0 Å². The van der Waals surface area contributed by atoms with E-state index in [0.717, 1.165) is 37.7 Å². The number of methoxy groups -OCH3 is 1. The summed E-state index contributed by atoms with van der Waals surface area (Å²) in [7, 11) is 1.72. The molecule has 0 aromatic carbocycles. The predicted octanol–water partition coefficient (Wildman–Crippen LogP) is 4.48. The third kappa shape index (κ3) is 2.76. The van der Waals surface area contributed by atoms with Crippen LogP contribution in [0.3, 0.4) is 0 Å². The van der Waals surface area contributed by atoms with E-state index in [1.165, 1.54) is 12.2 Å². The van der Waals surface area contributed by atoms with Crippen molar-refractivity contribution in [1.82, 2.24) is 0 Å². The minimum absolute atomic E-state index is 0.0143. The maximum absolute atomic E-state index is 13.2. The Morgan fingerprint density at radius 3 is 2.51 bits per heavy atom. The minimum atomic E-state index is -0.738. The molecule has 6 rings (SSSR count). The molecule has 2 saturated carbocycles. The molecule has 0 N–H and O–H groups in total. The largest absolute Gasteiger partial charge is 0.456 e. The number of hydrogen-bond acceptors (Lipinski definition) is 6. The van der Waals surface area contributed by atoms with Gasteiger partial charge in [-0.25, -0.2) is 4.79 Å². The van der Waals surface area contributed by atoms with Crippen LogP contribution >= 0.6 is 0 Å². The van der Waals surface area contributed by atoms with E-state index in [1.54, 1.807) is 7.11 Å². The number of hydrogen-bond donors (Lipinski definition) is 0. The number of fused-ring (bicyclic) bond motifs is 4. The fourth-order valence-corrected chi connectivity index (χ4v) is 9.26. The summed E-state index contributed by atoms with van der Waals surface area (Å²) in [4.78, 5) is 38.5. The smallest absolute Gasteiger partial charge is 0.334 e. The van der Waals surface area contributed by atoms with Crippen molar-refractivity contribution in [3.8, 4) is 0 Å². The number of esters is 1. The van der Waals surface area contributed by atoms with Gasteiger partial charge in [0.15, 0.2) is 17.9 Å². The van der Waals surface area contributed by atoms with Gasteiger partial charge >= 0.3 is 5.97 Å². The third-order valence-corrected chi connectivity index (χ3v) is 11.1. The Kier molecular flexibility index (Phi) is 4.99. The quantitative estimate of drug-likeness (QED) is 0.542. The normalized spacial score (nSPS) is 48.7. The van der Waals surface area contributed by atoms with Crippen LogP contribution in [0.15, 0.2) is 34.9 Å². The highest BCUT2D eigenvalue weighted by Gasteiger charge is 2.73. The molecule has 9 atom stereocenters. The fraction of sp³-hybridized carbons (Fsp3) is 0.690. The van der Waals surface area contributed by atoms with Gasteiger partial charge in [-0.05, 0) is 89.7 Å². The number of ketones is 2. The second-order valence-corrected chi connectivity index (χ2v) is 12.1. The minimum Gasteiger partial charge on any atom is -0.456 e. The van der Waals surface area contributed by atoms with Crippen LogP contribution in [0.5, 0.6) is 0 Å². The molecule has 1 saturated heterocycles. The van der Waals surface area contributed by atoms with Gasteiger partial charge in [-0.3, -0.25) is 9.59 Å². The van der Waals surface area contributed by atoms with Gasteiger partial charge in [-0.2, -0.15) is 0 Å². The Balaban J connectivity index is 1.38. The van der Waals surface area contributed by atoms with E-state index < -0.39 is 11.0 Å². The molecule has 1 spiro atoms. The van der Waals surface area contributed by atoms with Crippen molar-refractivity contribution < 1.29 is 28.6 Å². The number of allylic oxidation sites excluding steroid dienone is 4. The van der Waals surface area contributed by atoms with Gasteiger partial charge in [-0.1, -0.05) is 11.6 Å². The maximum atomic E-state index is 13.2. The Morgan fingerprint density at radius 2 is 1.80 bits per heavy atom. The lowest BCUT2D eigenvalue weighted by Gasteiger charge is -2.56. The van der Waals surface area contributed by atoms with Crippen LogP contribution < -0.4 is 0 Å². The van der Waals surface area contributed by atoms with Gasteiger partial charge in [0.05, 0.1) is 5.41 Å². The summed E-state index contributed by atoms with van der Waals surface area (Å²) >= 11 is 0. The topological polar surface area (TPSA) is 78.9 Å². The average molecular weight is 481 g/mol. The highest BCUT2D eigenvalue weighted by Crippen LogP contribution is 2.72.